The summed E-state index contributed by atoms with van der Waals surface area (Å²) < 4.78 is 5.19. The first-order chi connectivity index (χ1) is 9.61. The lowest BCUT2D eigenvalue weighted by Crippen LogP contribution is -2.22. The number of anilines is 1. The van der Waals surface area contributed by atoms with Crippen molar-refractivity contribution in [2.45, 2.75) is 26.7 Å². The predicted octanol–water partition coefficient (Wildman–Crippen LogP) is 3.48. The number of nitrogens with zero attached hydrogens (tertiary/aromatic N) is 3. The molecule has 2 aromatic rings. The summed E-state index contributed by atoms with van der Waals surface area (Å²) in [5.74, 6) is 0.511. The molecule has 1 heterocycles. The van der Waals surface area contributed by atoms with Crippen LogP contribution in [0.2, 0.25) is 0 Å². The summed E-state index contributed by atoms with van der Waals surface area (Å²) in [7, 11) is 0. The molecular weight excluding hydrogens is 252 g/mol. The summed E-state index contributed by atoms with van der Waals surface area (Å²) in [4.78, 5) is 0. The Kier molecular flexibility index (Phi) is 4.36. The van der Waals surface area contributed by atoms with Gasteiger partial charge in [0.05, 0.1) is 6.07 Å². The summed E-state index contributed by atoms with van der Waals surface area (Å²) in [6.07, 6.45) is 2.77. The highest BCUT2D eigenvalue weighted by molar-refractivity contribution is 5.60. The topological polar surface area (TPSA) is 74.7 Å². The van der Waals surface area contributed by atoms with Gasteiger partial charge in [0.25, 0.3) is 0 Å². The van der Waals surface area contributed by atoms with E-state index >= 15 is 0 Å². The second-order valence-electron chi connectivity index (χ2n) is 5.50. The first kappa shape index (κ1) is 14.1. The van der Waals surface area contributed by atoms with Crippen molar-refractivity contribution in [2.75, 3.05) is 11.9 Å². The van der Waals surface area contributed by atoms with Gasteiger partial charge in [-0.3, -0.25) is 0 Å². The lowest BCUT2D eigenvalue weighted by molar-refractivity contribution is 0.364. The second kappa shape index (κ2) is 6.20. The van der Waals surface area contributed by atoms with E-state index in [0.29, 0.717) is 12.3 Å². The minimum Gasteiger partial charge on any atom is -0.423 e. The van der Waals surface area contributed by atoms with Crippen LogP contribution in [0.15, 0.2) is 35.1 Å². The number of nitrogens with one attached hydrogen (secondary N) is 1. The van der Waals surface area contributed by atoms with Crippen molar-refractivity contribution in [1.29, 1.82) is 5.26 Å². The molecule has 0 fully saturated rings. The SMILES string of the molecule is CC(C)(CCC#N)CNc1cccc(-c2nnco2)c1. The fourth-order valence-corrected chi connectivity index (χ4v) is 1.89. The third-order valence-electron chi connectivity index (χ3n) is 3.15. The first-order valence-corrected chi connectivity index (χ1v) is 6.58. The van der Waals surface area contributed by atoms with E-state index in [2.05, 4.69) is 35.4 Å². The normalized spacial score (nSPS) is 11.1. The summed E-state index contributed by atoms with van der Waals surface area (Å²) >= 11 is 0. The van der Waals surface area contributed by atoms with E-state index in [9.17, 15) is 0 Å². The van der Waals surface area contributed by atoms with E-state index in [1.807, 2.05) is 24.3 Å². The molecule has 2 rings (SSSR count). The van der Waals surface area contributed by atoms with Gasteiger partial charge in [-0.05, 0) is 30.0 Å². The summed E-state index contributed by atoms with van der Waals surface area (Å²) in [5, 5.41) is 19.6. The Morgan fingerprint density at radius 1 is 1.40 bits per heavy atom. The highest BCUT2D eigenvalue weighted by atomic mass is 16.4. The number of hydrogen-bond acceptors (Lipinski definition) is 5. The van der Waals surface area contributed by atoms with Crippen molar-refractivity contribution < 1.29 is 4.42 Å². The van der Waals surface area contributed by atoms with E-state index in [1.54, 1.807) is 0 Å². The Morgan fingerprint density at radius 2 is 2.25 bits per heavy atom. The third kappa shape index (κ3) is 3.82. The average molecular weight is 270 g/mol. The summed E-state index contributed by atoms with van der Waals surface area (Å²) in [6, 6.07) is 10.1. The molecule has 0 aliphatic heterocycles. The number of nitriles is 1. The minimum absolute atomic E-state index is 0.0796. The van der Waals surface area contributed by atoms with Crippen LogP contribution in [0.3, 0.4) is 0 Å². The molecule has 0 bridgehead atoms. The van der Waals surface area contributed by atoms with Gasteiger partial charge >= 0.3 is 0 Å². The highest BCUT2D eigenvalue weighted by Crippen LogP contribution is 2.25. The van der Waals surface area contributed by atoms with Crippen molar-refractivity contribution >= 4 is 5.69 Å². The molecule has 1 N–H and O–H groups in total. The summed E-state index contributed by atoms with van der Waals surface area (Å²) in [5.41, 5.74) is 1.98. The molecule has 0 radical (unpaired) electrons. The van der Waals surface area contributed by atoms with Gasteiger partial charge in [-0.1, -0.05) is 19.9 Å². The summed E-state index contributed by atoms with van der Waals surface area (Å²) in [6.45, 7) is 5.11. The molecule has 0 aliphatic rings. The molecule has 1 aromatic heterocycles. The Morgan fingerprint density at radius 3 is 2.95 bits per heavy atom. The second-order valence-corrected chi connectivity index (χ2v) is 5.50. The van der Waals surface area contributed by atoms with E-state index in [0.717, 1.165) is 24.2 Å². The van der Waals surface area contributed by atoms with E-state index < -0.39 is 0 Å². The standard InChI is InChI=1S/C15H18N4O/c1-15(2,7-4-8-16)10-17-13-6-3-5-12(9-13)14-19-18-11-20-14/h3,5-6,9,11,17H,4,7,10H2,1-2H3. The van der Waals surface area contributed by atoms with Gasteiger partial charge in [0.2, 0.25) is 12.3 Å². The van der Waals surface area contributed by atoms with Crippen LogP contribution in [0.1, 0.15) is 26.7 Å². The molecule has 0 amide bonds. The number of benzene rings is 1. The molecule has 0 spiro atoms. The molecule has 20 heavy (non-hydrogen) atoms. The monoisotopic (exact) mass is 270 g/mol. The van der Waals surface area contributed by atoms with Crippen molar-refractivity contribution in [2.24, 2.45) is 5.41 Å². The Balaban J connectivity index is 2.00. The lowest BCUT2D eigenvalue weighted by Gasteiger charge is -2.24. The van der Waals surface area contributed by atoms with E-state index in [1.165, 1.54) is 6.39 Å². The molecule has 0 saturated carbocycles. The lowest BCUT2D eigenvalue weighted by atomic mass is 9.88. The maximum atomic E-state index is 8.66. The number of hydrogen-bond donors (Lipinski definition) is 1. The molecule has 0 aliphatic carbocycles. The Hall–Kier alpha value is -2.35. The molecule has 0 atom stereocenters. The quantitative estimate of drug-likeness (QED) is 0.869. The zero-order valence-corrected chi connectivity index (χ0v) is 11.8. The average Bonchev–Trinajstić information content (AvgIpc) is 2.98. The van der Waals surface area contributed by atoms with Crippen molar-refractivity contribution in [3.63, 3.8) is 0 Å². The number of rotatable bonds is 6. The van der Waals surface area contributed by atoms with Crippen molar-refractivity contribution in [3.05, 3.63) is 30.7 Å². The third-order valence-corrected chi connectivity index (χ3v) is 3.15. The van der Waals surface area contributed by atoms with Gasteiger partial charge in [0.15, 0.2) is 0 Å². The van der Waals surface area contributed by atoms with Gasteiger partial charge in [-0.2, -0.15) is 5.26 Å². The zero-order valence-electron chi connectivity index (χ0n) is 11.8. The van der Waals surface area contributed by atoms with Gasteiger partial charge in [-0.15, -0.1) is 10.2 Å². The van der Waals surface area contributed by atoms with Gasteiger partial charge in [-0.25, -0.2) is 0 Å². The molecule has 5 nitrogen and oxygen atoms in total. The fourth-order valence-electron chi connectivity index (χ4n) is 1.89. The van der Waals surface area contributed by atoms with Crippen LogP contribution in [0.25, 0.3) is 11.5 Å². The van der Waals surface area contributed by atoms with E-state index in [-0.39, 0.29) is 5.41 Å². The molecular formula is C15H18N4O. The van der Waals surface area contributed by atoms with Crippen molar-refractivity contribution in [1.82, 2.24) is 10.2 Å². The highest BCUT2D eigenvalue weighted by Gasteiger charge is 2.17. The largest absolute Gasteiger partial charge is 0.423 e. The van der Waals surface area contributed by atoms with Gasteiger partial charge < -0.3 is 9.73 Å². The molecule has 1 aromatic carbocycles. The maximum Gasteiger partial charge on any atom is 0.247 e. The van der Waals surface area contributed by atoms with Crippen LogP contribution < -0.4 is 5.32 Å². The van der Waals surface area contributed by atoms with Gasteiger partial charge in [0, 0.05) is 24.2 Å². The molecule has 104 valence electrons. The van der Waals surface area contributed by atoms with Crippen LogP contribution in [0.4, 0.5) is 5.69 Å². The predicted molar refractivity (Wildman–Crippen MR) is 76.9 cm³/mol. The van der Waals surface area contributed by atoms with E-state index in [4.69, 9.17) is 9.68 Å². The van der Waals surface area contributed by atoms with Crippen LogP contribution in [0, 0.1) is 16.7 Å². The van der Waals surface area contributed by atoms with Crippen LogP contribution in [-0.2, 0) is 0 Å². The van der Waals surface area contributed by atoms with Crippen LogP contribution in [0.5, 0.6) is 0 Å². The van der Waals surface area contributed by atoms with Crippen LogP contribution in [-0.4, -0.2) is 16.7 Å². The number of aromatic nitrogens is 2. The fraction of sp³-hybridized carbons (Fsp3) is 0.400. The first-order valence-electron chi connectivity index (χ1n) is 6.58. The molecule has 5 heteroatoms. The van der Waals surface area contributed by atoms with Gasteiger partial charge in [0.1, 0.15) is 0 Å². The zero-order chi connectivity index (χ0) is 14.4. The Bertz CT molecular complexity index is 584. The molecule has 0 unspecified atom stereocenters. The maximum absolute atomic E-state index is 8.66. The molecule has 0 saturated heterocycles. The van der Waals surface area contributed by atoms with Crippen LogP contribution >= 0.6 is 0 Å². The van der Waals surface area contributed by atoms with Crippen molar-refractivity contribution in [3.8, 4) is 17.5 Å². The smallest absolute Gasteiger partial charge is 0.247 e. The minimum atomic E-state index is 0.0796. The Labute approximate surface area is 118 Å².